The van der Waals surface area contributed by atoms with E-state index in [4.69, 9.17) is 4.74 Å². The molecule has 3 rings (SSSR count). The largest absolute Gasteiger partial charge is 0.382 e. The van der Waals surface area contributed by atoms with Crippen molar-refractivity contribution in [2.45, 2.75) is 31.2 Å². The smallest absolute Gasteiger partial charge is 0.318 e. The molecular weight excluding hydrogens is 292 g/mol. The summed E-state index contributed by atoms with van der Waals surface area (Å²) < 4.78 is 5.34. The van der Waals surface area contributed by atoms with Crippen LogP contribution in [0.4, 0.5) is 10.5 Å². The van der Waals surface area contributed by atoms with Gasteiger partial charge < -0.3 is 19.9 Å². The standard InChI is InChI=1S/C17H26N4O2/c1-23-14-17(6-2-3-7-17)19-16(22)21-11-9-20(10-12-21)15-5-4-8-18-13-15/h4-5,8,13H,2-3,6-7,9-12,14H2,1H3,(H,19,22). The number of carbonyl (C=O) groups excluding carboxylic acids is 1. The molecule has 6 nitrogen and oxygen atoms in total. The molecule has 1 aliphatic heterocycles. The van der Waals surface area contributed by atoms with Crippen molar-refractivity contribution in [3.63, 3.8) is 0 Å². The highest BCUT2D eigenvalue weighted by Gasteiger charge is 2.37. The molecule has 1 N–H and O–H groups in total. The van der Waals surface area contributed by atoms with E-state index >= 15 is 0 Å². The molecular formula is C17H26N4O2. The Hall–Kier alpha value is -1.82. The highest BCUT2D eigenvalue weighted by molar-refractivity contribution is 5.75. The normalized spacial score (nSPS) is 20.6. The van der Waals surface area contributed by atoms with Gasteiger partial charge >= 0.3 is 6.03 Å². The maximum Gasteiger partial charge on any atom is 0.318 e. The van der Waals surface area contributed by atoms with E-state index < -0.39 is 0 Å². The molecule has 6 heteroatoms. The average Bonchev–Trinajstić information content (AvgIpc) is 3.04. The first-order valence-electron chi connectivity index (χ1n) is 8.43. The van der Waals surface area contributed by atoms with Crippen LogP contribution in [0.3, 0.4) is 0 Å². The Kier molecular flexibility index (Phi) is 5.00. The van der Waals surface area contributed by atoms with Crippen LogP contribution < -0.4 is 10.2 Å². The van der Waals surface area contributed by atoms with Crippen molar-refractivity contribution in [3.05, 3.63) is 24.5 Å². The van der Waals surface area contributed by atoms with Crippen molar-refractivity contribution in [2.75, 3.05) is 44.8 Å². The summed E-state index contributed by atoms with van der Waals surface area (Å²) in [6, 6.07) is 4.06. The van der Waals surface area contributed by atoms with E-state index in [0.29, 0.717) is 6.61 Å². The number of pyridine rings is 1. The molecule has 0 bridgehead atoms. The van der Waals surface area contributed by atoms with Crippen molar-refractivity contribution in [1.82, 2.24) is 15.2 Å². The zero-order chi connectivity index (χ0) is 16.1. The number of nitrogens with zero attached hydrogens (tertiary/aromatic N) is 3. The van der Waals surface area contributed by atoms with Gasteiger partial charge in [0, 0.05) is 39.5 Å². The summed E-state index contributed by atoms with van der Waals surface area (Å²) in [5.74, 6) is 0. The minimum atomic E-state index is -0.160. The lowest BCUT2D eigenvalue weighted by Gasteiger charge is -2.38. The predicted octanol–water partition coefficient (Wildman–Crippen LogP) is 1.87. The third kappa shape index (κ3) is 3.75. The fourth-order valence-corrected chi connectivity index (χ4v) is 3.65. The lowest BCUT2D eigenvalue weighted by molar-refractivity contribution is 0.107. The number of hydrogen-bond acceptors (Lipinski definition) is 4. The molecule has 0 unspecified atom stereocenters. The number of aromatic nitrogens is 1. The van der Waals surface area contributed by atoms with E-state index in [0.717, 1.165) is 44.7 Å². The van der Waals surface area contributed by atoms with Crippen LogP contribution in [0, 0.1) is 0 Å². The van der Waals surface area contributed by atoms with Gasteiger partial charge in [0.1, 0.15) is 0 Å². The van der Waals surface area contributed by atoms with Crippen LogP contribution in [0.15, 0.2) is 24.5 Å². The molecule has 1 aliphatic carbocycles. The SMILES string of the molecule is COCC1(NC(=O)N2CCN(c3cccnc3)CC2)CCCC1. The molecule has 126 valence electrons. The monoisotopic (exact) mass is 318 g/mol. The number of piperazine rings is 1. The Morgan fingerprint density at radius 2 is 2.04 bits per heavy atom. The Bertz CT molecular complexity index is 509. The summed E-state index contributed by atoms with van der Waals surface area (Å²) in [6.45, 7) is 3.77. The molecule has 2 amide bonds. The topological polar surface area (TPSA) is 57.7 Å². The quantitative estimate of drug-likeness (QED) is 0.921. The maximum atomic E-state index is 12.6. The van der Waals surface area contributed by atoms with Crippen LogP contribution in [0.1, 0.15) is 25.7 Å². The highest BCUT2D eigenvalue weighted by Crippen LogP contribution is 2.30. The van der Waals surface area contributed by atoms with Gasteiger partial charge in [-0.2, -0.15) is 0 Å². The number of ether oxygens (including phenoxy) is 1. The molecule has 2 heterocycles. The van der Waals surface area contributed by atoms with E-state index in [1.807, 2.05) is 17.2 Å². The van der Waals surface area contributed by atoms with Gasteiger partial charge in [-0.3, -0.25) is 4.98 Å². The van der Waals surface area contributed by atoms with Crippen molar-refractivity contribution in [2.24, 2.45) is 0 Å². The first-order valence-corrected chi connectivity index (χ1v) is 8.43. The van der Waals surface area contributed by atoms with E-state index in [1.54, 1.807) is 13.3 Å². The number of hydrogen-bond donors (Lipinski definition) is 1. The molecule has 0 spiro atoms. The number of amides is 2. The van der Waals surface area contributed by atoms with Crippen LogP contribution >= 0.6 is 0 Å². The Morgan fingerprint density at radius 3 is 2.65 bits per heavy atom. The number of anilines is 1. The van der Waals surface area contributed by atoms with Crippen molar-refractivity contribution in [1.29, 1.82) is 0 Å². The summed E-state index contributed by atoms with van der Waals surface area (Å²) >= 11 is 0. The average molecular weight is 318 g/mol. The molecule has 2 aliphatic rings. The molecule has 0 atom stereocenters. The van der Waals surface area contributed by atoms with Crippen LogP contribution in [-0.4, -0.2) is 61.3 Å². The summed E-state index contributed by atoms with van der Waals surface area (Å²) in [7, 11) is 1.71. The van der Waals surface area contributed by atoms with Gasteiger partial charge in [0.15, 0.2) is 0 Å². The van der Waals surface area contributed by atoms with E-state index in [2.05, 4.69) is 21.3 Å². The van der Waals surface area contributed by atoms with Gasteiger partial charge in [-0.1, -0.05) is 12.8 Å². The van der Waals surface area contributed by atoms with Gasteiger partial charge in [0.25, 0.3) is 0 Å². The summed E-state index contributed by atoms with van der Waals surface area (Å²) in [4.78, 5) is 21.0. The van der Waals surface area contributed by atoms with Crippen LogP contribution in [0.25, 0.3) is 0 Å². The second-order valence-electron chi connectivity index (χ2n) is 6.54. The van der Waals surface area contributed by atoms with Gasteiger partial charge in [-0.05, 0) is 25.0 Å². The van der Waals surface area contributed by atoms with Crippen molar-refractivity contribution < 1.29 is 9.53 Å². The zero-order valence-electron chi connectivity index (χ0n) is 13.8. The van der Waals surface area contributed by atoms with Gasteiger partial charge in [-0.25, -0.2) is 4.79 Å². The molecule has 0 radical (unpaired) electrons. The number of rotatable bonds is 4. The Morgan fingerprint density at radius 1 is 1.30 bits per heavy atom. The lowest BCUT2D eigenvalue weighted by Crippen LogP contribution is -2.58. The van der Waals surface area contributed by atoms with Gasteiger partial charge in [0.2, 0.25) is 0 Å². The summed E-state index contributed by atoms with van der Waals surface area (Å²) in [5, 5.41) is 3.25. The number of urea groups is 1. The molecule has 1 saturated heterocycles. The number of nitrogens with one attached hydrogen (secondary N) is 1. The number of methoxy groups -OCH3 is 1. The third-order valence-corrected chi connectivity index (χ3v) is 4.93. The molecule has 1 aromatic rings. The zero-order valence-corrected chi connectivity index (χ0v) is 13.8. The minimum absolute atomic E-state index is 0.0507. The first kappa shape index (κ1) is 16.1. The Balaban J connectivity index is 1.54. The van der Waals surface area contributed by atoms with Gasteiger partial charge in [-0.15, -0.1) is 0 Å². The van der Waals surface area contributed by atoms with Crippen molar-refractivity contribution in [3.8, 4) is 0 Å². The maximum absolute atomic E-state index is 12.6. The van der Waals surface area contributed by atoms with E-state index in [-0.39, 0.29) is 11.6 Å². The molecule has 1 saturated carbocycles. The second-order valence-corrected chi connectivity index (χ2v) is 6.54. The summed E-state index contributed by atoms with van der Waals surface area (Å²) in [5.41, 5.74) is 0.964. The van der Waals surface area contributed by atoms with Crippen molar-refractivity contribution >= 4 is 11.7 Å². The van der Waals surface area contributed by atoms with Gasteiger partial charge in [0.05, 0.1) is 24.0 Å². The molecule has 2 fully saturated rings. The second kappa shape index (κ2) is 7.17. The molecule has 0 aromatic carbocycles. The lowest BCUT2D eigenvalue weighted by atomic mass is 9.99. The minimum Gasteiger partial charge on any atom is -0.382 e. The molecule has 23 heavy (non-hydrogen) atoms. The highest BCUT2D eigenvalue weighted by atomic mass is 16.5. The first-order chi connectivity index (χ1) is 11.2. The van der Waals surface area contributed by atoms with E-state index in [9.17, 15) is 4.79 Å². The predicted molar refractivity (Wildman–Crippen MR) is 89.6 cm³/mol. The van der Waals surface area contributed by atoms with E-state index in [1.165, 1.54) is 12.8 Å². The number of carbonyl (C=O) groups is 1. The van der Waals surface area contributed by atoms with Crippen LogP contribution in [0.2, 0.25) is 0 Å². The third-order valence-electron chi connectivity index (χ3n) is 4.93. The Labute approximate surface area is 137 Å². The molecule has 1 aromatic heterocycles. The fraction of sp³-hybridized carbons (Fsp3) is 0.647. The summed E-state index contributed by atoms with van der Waals surface area (Å²) in [6.07, 6.45) is 8.02. The van der Waals surface area contributed by atoms with Crippen LogP contribution in [-0.2, 0) is 4.74 Å². The fourth-order valence-electron chi connectivity index (χ4n) is 3.65. The van der Waals surface area contributed by atoms with Crippen LogP contribution in [0.5, 0.6) is 0 Å².